The summed E-state index contributed by atoms with van der Waals surface area (Å²) in [5.74, 6) is 1.37. The number of carboxylic acid groups (broad SMARTS) is 1. The van der Waals surface area contributed by atoms with Crippen LogP contribution in [-0.2, 0) is 9.53 Å². The van der Waals surface area contributed by atoms with Gasteiger partial charge in [0, 0.05) is 25.5 Å². The topological polar surface area (TPSA) is 87.7 Å². The quantitative estimate of drug-likeness (QED) is 0.581. The molecule has 94 valence electrons. The number of carbonyl (C=O) groups is 2. The van der Waals surface area contributed by atoms with E-state index in [9.17, 15) is 9.59 Å². The highest BCUT2D eigenvalue weighted by atomic mass is 16.5. The minimum atomic E-state index is -1.14. The third kappa shape index (κ3) is 4.74. The maximum absolute atomic E-state index is 11.4. The molecular formula is C11H16N2O4. The van der Waals surface area contributed by atoms with Gasteiger partial charge in [-0.2, -0.15) is 0 Å². The molecule has 2 amide bonds. The molecule has 1 rings (SSSR count). The lowest BCUT2D eigenvalue weighted by atomic mass is 10.1. The van der Waals surface area contributed by atoms with Crippen LogP contribution in [0.4, 0.5) is 4.79 Å². The van der Waals surface area contributed by atoms with E-state index in [0.29, 0.717) is 25.7 Å². The SMILES string of the molecule is C#CCC(NC(=O)NCC1CCOC1)C(=O)O. The Kier molecular flexibility index (Phi) is 5.30. The summed E-state index contributed by atoms with van der Waals surface area (Å²) in [4.78, 5) is 22.1. The van der Waals surface area contributed by atoms with Crippen molar-refractivity contribution in [2.75, 3.05) is 19.8 Å². The number of nitrogens with one attached hydrogen (secondary N) is 2. The third-order valence-electron chi connectivity index (χ3n) is 2.50. The van der Waals surface area contributed by atoms with Crippen molar-refractivity contribution in [3.8, 4) is 12.3 Å². The molecule has 17 heavy (non-hydrogen) atoms. The van der Waals surface area contributed by atoms with E-state index in [2.05, 4.69) is 16.6 Å². The van der Waals surface area contributed by atoms with Gasteiger partial charge < -0.3 is 20.5 Å². The predicted octanol–water partition coefficient (Wildman–Crippen LogP) is -0.201. The highest BCUT2D eigenvalue weighted by molar-refractivity contribution is 5.82. The van der Waals surface area contributed by atoms with Crippen LogP contribution in [0, 0.1) is 18.3 Å². The highest BCUT2D eigenvalue weighted by Gasteiger charge is 2.20. The van der Waals surface area contributed by atoms with Gasteiger partial charge in [-0.05, 0) is 6.42 Å². The molecule has 1 heterocycles. The van der Waals surface area contributed by atoms with E-state index in [1.165, 1.54) is 0 Å². The lowest BCUT2D eigenvalue weighted by Crippen LogP contribution is -2.46. The number of carboxylic acids is 1. The molecule has 1 fully saturated rings. The van der Waals surface area contributed by atoms with E-state index in [4.69, 9.17) is 16.3 Å². The highest BCUT2D eigenvalue weighted by Crippen LogP contribution is 2.10. The van der Waals surface area contributed by atoms with Crippen LogP contribution in [0.1, 0.15) is 12.8 Å². The average Bonchev–Trinajstić information content (AvgIpc) is 2.78. The molecule has 6 heteroatoms. The molecule has 0 aromatic carbocycles. The Bertz CT molecular complexity index is 318. The molecule has 1 aliphatic rings. The summed E-state index contributed by atoms with van der Waals surface area (Å²) in [7, 11) is 0. The van der Waals surface area contributed by atoms with E-state index >= 15 is 0 Å². The number of aliphatic carboxylic acids is 1. The first-order chi connectivity index (χ1) is 8.13. The van der Waals surface area contributed by atoms with Gasteiger partial charge in [0.15, 0.2) is 0 Å². The third-order valence-corrected chi connectivity index (χ3v) is 2.50. The number of ether oxygens (including phenoxy) is 1. The molecule has 6 nitrogen and oxygen atoms in total. The normalized spacial score (nSPS) is 20.3. The Labute approximate surface area is 99.7 Å². The number of hydrogen-bond donors (Lipinski definition) is 3. The molecule has 0 radical (unpaired) electrons. The van der Waals surface area contributed by atoms with Crippen LogP contribution in [0.2, 0.25) is 0 Å². The summed E-state index contributed by atoms with van der Waals surface area (Å²) in [5.41, 5.74) is 0. The van der Waals surface area contributed by atoms with Gasteiger partial charge in [-0.25, -0.2) is 9.59 Å². The zero-order valence-corrected chi connectivity index (χ0v) is 9.44. The first-order valence-electron chi connectivity index (χ1n) is 5.42. The molecule has 2 unspecified atom stereocenters. The monoisotopic (exact) mass is 240 g/mol. The molecule has 0 aromatic rings. The van der Waals surface area contributed by atoms with E-state index < -0.39 is 18.0 Å². The van der Waals surface area contributed by atoms with Crippen LogP contribution in [0.25, 0.3) is 0 Å². The second kappa shape index (κ2) is 6.76. The minimum absolute atomic E-state index is 0.0324. The van der Waals surface area contributed by atoms with Crippen LogP contribution < -0.4 is 10.6 Å². The fraction of sp³-hybridized carbons (Fsp3) is 0.636. The Hall–Kier alpha value is -1.74. The lowest BCUT2D eigenvalue weighted by molar-refractivity contribution is -0.139. The van der Waals surface area contributed by atoms with E-state index in [0.717, 1.165) is 6.42 Å². The molecule has 0 aromatic heterocycles. The lowest BCUT2D eigenvalue weighted by Gasteiger charge is -2.14. The van der Waals surface area contributed by atoms with Gasteiger partial charge in [-0.15, -0.1) is 12.3 Å². The van der Waals surface area contributed by atoms with Crippen molar-refractivity contribution in [2.45, 2.75) is 18.9 Å². The second-order valence-electron chi connectivity index (χ2n) is 3.88. The maximum atomic E-state index is 11.4. The van der Waals surface area contributed by atoms with Crippen LogP contribution in [0.5, 0.6) is 0 Å². The van der Waals surface area contributed by atoms with Gasteiger partial charge in [0.2, 0.25) is 0 Å². The van der Waals surface area contributed by atoms with Crippen LogP contribution in [0.15, 0.2) is 0 Å². The van der Waals surface area contributed by atoms with Crippen LogP contribution in [0.3, 0.4) is 0 Å². The first kappa shape index (κ1) is 13.3. The second-order valence-corrected chi connectivity index (χ2v) is 3.88. The van der Waals surface area contributed by atoms with Crippen LogP contribution >= 0.6 is 0 Å². The first-order valence-corrected chi connectivity index (χ1v) is 5.42. The van der Waals surface area contributed by atoms with Crippen molar-refractivity contribution in [1.82, 2.24) is 10.6 Å². The smallest absolute Gasteiger partial charge is 0.327 e. The molecule has 0 spiro atoms. The Morgan fingerprint density at radius 3 is 2.88 bits per heavy atom. The van der Waals surface area contributed by atoms with Crippen molar-refractivity contribution < 1.29 is 19.4 Å². The Morgan fingerprint density at radius 2 is 2.35 bits per heavy atom. The summed E-state index contributed by atoms with van der Waals surface area (Å²) in [5, 5.41) is 13.7. The number of hydrogen-bond acceptors (Lipinski definition) is 3. The fourth-order valence-corrected chi connectivity index (χ4v) is 1.51. The number of terminal acetylenes is 1. The Morgan fingerprint density at radius 1 is 1.59 bits per heavy atom. The Balaban J connectivity index is 2.26. The number of rotatable bonds is 5. The molecule has 0 bridgehead atoms. The number of amides is 2. The molecule has 0 saturated carbocycles. The van der Waals surface area contributed by atoms with E-state index in [-0.39, 0.29) is 6.42 Å². The molecule has 0 aliphatic carbocycles. The van der Waals surface area contributed by atoms with Gasteiger partial charge >= 0.3 is 12.0 Å². The van der Waals surface area contributed by atoms with E-state index in [1.54, 1.807) is 0 Å². The van der Waals surface area contributed by atoms with Gasteiger partial charge in [0.05, 0.1) is 6.61 Å². The summed E-state index contributed by atoms with van der Waals surface area (Å²) < 4.78 is 5.15. The summed E-state index contributed by atoms with van der Waals surface area (Å²) >= 11 is 0. The fourth-order valence-electron chi connectivity index (χ4n) is 1.51. The standard InChI is InChI=1S/C11H16N2O4/c1-2-3-9(10(14)15)13-11(16)12-6-8-4-5-17-7-8/h1,8-9H,3-7H2,(H,14,15)(H2,12,13,16). The van der Waals surface area contributed by atoms with Crippen molar-refractivity contribution in [3.63, 3.8) is 0 Å². The number of carbonyl (C=O) groups excluding carboxylic acids is 1. The van der Waals surface area contributed by atoms with Crippen LogP contribution in [-0.4, -0.2) is 42.9 Å². The largest absolute Gasteiger partial charge is 0.480 e. The summed E-state index contributed by atoms with van der Waals surface area (Å²) in [6, 6.07) is -1.56. The zero-order valence-electron chi connectivity index (χ0n) is 9.44. The van der Waals surface area contributed by atoms with Gasteiger partial charge in [0.1, 0.15) is 6.04 Å². The average molecular weight is 240 g/mol. The summed E-state index contributed by atoms with van der Waals surface area (Å²) in [6.45, 7) is 1.82. The van der Waals surface area contributed by atoms with Gasteiger partial charge in [0.25, 0.3) is 0 Å². The molecular weight excluding hydrogens is 224 g/mol. The zero-order chi connectivity index (χ0) is 12.7. The maximum Gasteiger partial charge on any atom is 0.327 e. The molecule has 1 saturated heterocycles. The number of urea groups is 1. The van der Waals surface area contributed by atoms with Crippen molar-refractivity contribution in [1.29, 1.82) is 0 Å². The molecule has 3 N–H and O–H groups in total. The molecule has 1 aliphatic heterocycles. The molecule has 2 atom stereocenters. The summed E-state index contributed by atoms with van der Waals surface area (Å²) in [6.07, 6.45) is 5.89. The van der Waals surface area contributed by atoms with Gasteiger partial charge in [-0.3, -0.25) is 0 Å². The van der Waals surface area contributed by atoms with Crippen molar-refractivity contribution >= 4 is 12.0 Å². The van der Waals surface area contributed by atoms with E-state index in [1.807, 2.05) is 0 Å². The van der Waals surface area contributed by atoms with Gasteiger partial charge in [-0.1, -0.05) is 0 Å². The predicted molar refractivity (Wildman–Crippen MR) is 60.3 cm³/mol. The van der Waals surface area contributed by atoms with Crippen molar-refractivity contribution in [2.24, 2.45) is 5.92 Å². The minimum Gasteiger partial charge on any atom is -0.480 e. The van der Waals surface area contributed by atoms with Crippen molar-refractivity contribution in [3.05, 3.63) is 0 Å².